The Labute approximate surface area is 122 Å². The van der Waals surface area contributed by atoms with Gasteiger partial charge >= 0.3 is 0 Å². The summed E-state index contributed by atoms with van der Waals surface area (Å²) in [5, 5.41) is 4.29. The van der Waals surface area contributed by atoms with Crippen molar-refractivity contribution in [1.82, 2.24) is 4.98 Å². The van der Waals surface area contributed by atoms with Crippen LogP contribution in [0.2, 0.25) is 5.15 Å². The smallest absolute Gasteiger partial charge is 0.132 e. The van der Waals surface area contributed by atoms with Crippen molar-refractivity contribution in [2.75, 3.05) is 5.32 Å². The van der Waals surface area contributed by atoms with Gasteiger partial charge in [-0.05, 0) is 49.1 Å². The molecule has 1 aliphatic rings. The van der Waals surface area contributed by atoms with Crippen LogP contribution in [-0.4, -0.2) is 11.0 Å². The summed E-state index contributed by atoms with van der Waals surface area (Å²) in [4.78, 5) is 4.24. The van der Waals surface area contributed by atoms with Crippen LogP contribution in [0.25, 0.3) is 0 Å². The third kappa shape index (κ3) is 3.62. The summed E-state index contributed by atoms with van der Waals surface area (Å²) < 4.78 is 0. The second kappa shape index (κ2) is 6.13. The molecule has 2 rings (SSSR count). The predicted octanol–water partition coefficient (Wildman–Crippen LogP) is 4.92. The molecule has 0 spiro atoms. The molecule has 0 amide bonds. The van der Waals surface area contributed by atoms with E-state index in [-0.39, 0.29) is 0 Å². The van der Waals surface area contributed by atoms with E-state index in [4.69, 9.17) is 11.6 Å². The fourth-order valence-corrected chi connectivity index (χ4v) is 3.32. The number of nitrogens with one attached hydrogen (secondary N) is 1. The molecule has 3 atom stereocenters. The van der Waals surface area contributed by atoms with Crippen LogP contribution < -0.4 is 5.32 Å². The molecule has 1 saturated carbocycles. The Hall–Kier alpha value is -0.760. The van der Waals surface area contributed by atoms with Gasteiger partial charge in [0.25, 0.3) is 0 Å². The summed E-state index contributed by atoms with van der Waals surface area (Å²) in [6.07, 6.45) is 5.80. The molecule has 1 aliphatic carbocycles. The maximum absolute atomic E-state index is 5.99. The van der Waals surface area contributed by atoms with Crippen LogP contribution in [0, 0.1) is 24.7 Å². The first-order chi connectivity index (χ1) is 8.97. The van der Waals surface area contributed by atoms with Gasteiger partial charge < -0.3 is 5.32 Å². The summed E-state index contributed by atoms with van der Waals surface area (Å²) in [6, 6.07) is 2.66. The number of aryl methyl sites for hydroxylation is 1. The zero-order valence-electron chi connectivity index (χ0n) is 12.4. The number of hydrogen-bond donors (Lipinski definition) is 1. The number of hydrogen-bond acceptors (Lipinski definition) is 2. The van der Waals surface area contributed by atoms with E-state index in [1.165, 1.54) is 19.3 Å². The summed E-state index contributed by atoms with van der Waals surface area (Å²) in [5.41, 5.74) is 2.14. The molecular formula is C16H25ClN2. The van der Waals surface area contributed by atoms with Gasteiger partial charge in [-0.2, -0.15) is 0 Å². The highest BCUT2D eigenvalue weighted by molar-refractivity contribution is 6.30. The second-order valence-corrected chi connectivity index (χ2v) is 6.77. The molecule has 106 valence electrons. The fourth-order valence-electron chi connectivity index (χ4n) is 3.22. The monoisotopic (exact) mass is 280 g/mol. The summed E-state index contributed by atoms with van der Waals surface area (Å²) in [6.45, 7) is 9.03. The van der Waals surface area contributed by atoms with E-state index in [1.807, 2.05) is 13.1 Å². The molecule has 0 aromatic carbocycles. The van der Waals surface area contributed by atoms with Gasteiger partial charge in [0.2, 0.25) is 0 Å². The molecule has 0 saturated heterocycles. The maximum Gasteiger partial charge on any atom is 0.132 e. The Balaban J connectivity index is 2.11. The molecule has 1 N–H and O–H groups in total. The molecule has 1 aromatic heterocycles. The highest BCUT2D eigenvalue weighted by Gasteiger charge is 2.30. The zero-order chi connectivity index (χ0) is 14.0. The van der Waals surface area contributed by atoms with Gasteiger partial charge in [-0.3, -0.25) is 0 Å². The van der Waals surface area contributed by atoms with Crippen molar-refractivity contribution >= 4 is 17.3 Å². The van der Waals surface area contributed by atoms with Crippen molar-refractivity contribution < 1.29 is 0 Å². The van der Waals surface area contributed by atoms with Crippen LogP contribution in [0.15, 0.2) is 12.3 Å². The second-order valence-electron chi connectivity index (χ2n) is 6.41. The third-order valence-corrected chi connectivity index (χ3v) is 4.78. The number of anilines is 1. The Kier molecular flexibility index (Phi) is 4.72. The molecule has 2 nitrogen and oxygen atoms in total. The maximum atomic E-state index is 5.99. The van der Waals surface area contributed by atoms with Crippen molar-refractivity contribution in [2.24, 2.45) is 17.8 Å². The molecule has 3 heteroatoms. The van der Waals surface area contributed by atoms with Gasteiger partial charge in [-0.15, -0.1) is 0 Å². The van der Waals surface area contributed by atoms with E-state index in [9.17, 15) is 0 Å². The Morgan fingerprint density at radius 1 is 1.37 bits per heavy atom. The summed E-state index contributed by atoms with van der Waals surface area (Å²) in [5.74, 6) is 2.30. The third-order valence-electron chi connectivity index (χ3n) is 4.39. The van der Waals surface area contributed by atoms with Crippen molar-refractivity contribution in [1.29, 1.82) is 0 Å². The minimum atomic E-state index is 0.561. The molecular weight excluding hydrogens is 256 g/mol. The Morgan fingerprint density at radius 3 is 2.74 bits per heavy atom. The lowest BCUT2D eigenvalue weighted by Gasteiger charge is -2.38. The first-order valence-corrected chi connectivity index (χ1v) is 7.74. The van der Waals surface area contributed by atoms with Crippen LogP contribution in [0.5, 0.6) is 0 Å². The average molecular weight is 281 g/mol. The number of rotatable bonds is 3. The Morgan fingerprint density at radius 2 is 2.11 bits per heavy atom. The topological polar surface area (TPSA) is 24.9 Å². The minimum absolute atomic E-state index is 0.561. The van der Waals surface area contributed by atoms with Gasteiger partial charge in [0.15, 0.2) is 0 Å². The molecule has 0 aliphatic heterocycles. The summed E-state index contributed by atoms with van der Waals surface area (Å²) >= 11 is 5.99. The average Bonchev–Trinajstić information content (AvgIpc) is 2.33. The Bertz CT molecular complexity index is 431. The largest absolute Gasteiger partial charge is 0.381 e. The molecule has 1 heterocycles. The minimum Gasteiger partial charge on any atom is -0.381 e. The normalized spacial score (nSPS) is 27.6. The SMILES string of the molecule is Cc1cc(NC2CC(C)CCC2C(C)C)cnc1Cl. The van der Waals surface area contributed by atoms with Crippen LogP contribution in [0.4, 0.5) is 5.69 Å². The first kappa shape index (κ1) is 14.6. The van der Waals surface area contributed by atoms with Crippen LogP contribution in [0.3, 0.4) is 0 Å². The van der Waals surface area contributed by atoms with Crippen molar-refractivity contribution in [3.05, 3.63) is 23.0 Å². The quantitative estimate of drug-likeness (QED) is 0.795. The van der Waals surface area contributed by atoms with Gasteiger partial charge in [0.1, 0.15) is 5.15 Å². The van der Waals surface area contributed by atoms with Gasteiger partial charge in [-0.1, -0.05) is 38.8 Å². The van der Waals surface area contributed by atoms with Gasteiger partial charge in [-0.25, -0.2) is 4.98 Å². The van der Waals surface area contributed by atoms with Crippen LogP contribution in [-0.2, 0) is 0 Å². The highest BCUT2D eigenvalue weighted by Crippen LogP contribution is 2.35. The molecule has 1 aromatic rings. The van der Waals surface area contributed by atoms with E-state index in [1.54, 1.807) is 0 Å². The first-order valence-electron chi connectivity index (χ1n) is 7.36. The van der Waals surface area contributed by atoms with E-state index in [2.05, 4.69) is 37.1 Å². The van der Waals surface area contributed by atoms with Crippen molar-refractivity contribution in [3.8, 4) is 0 Å². The molecule has 19 heavy (non-hydrogen) atoms. The number of pyridine rings is 1. The molecule has 0 radical (unpaired) electrons. The molecule has 0 bridgehead atoms. The van der Waals surface area contributed by atoms with E-state index in [0.29, 0.717) is 11.2 Å². The molecule has 3 unspecified atom stereocenters. The van der Waals surface area contributed by atoms with Crippen LogP contribution in [0.1, 0.15) is 45.6 Å². The fraction of sp³-hybridized carbons (Fsp3) is 0.688. The lowest BCUT2D eigenvalue weighted by molar-refractivity contribution is 0.212. The standard InChI is InChI=1S/C16H25ClN2/c1-10(2)14-6-5-11(3)7-15(14)19-13-8-12(4)16(17)18-9-13/h8-11,14-15,19H,5-7H2,1-4H3. The molecule has 1 fully saturated rings. The van der Waals surface area contributed by atoms with Gasteiger partial charge in [0, 0.05) is 6.04 Å². The van der Waals surface area contributed by atoms with E-state index < -0.39 is 0 Å². The lowest BCUT2D eigenvalue weighted by Crippen LogP contribution is -2.37. The zero-order valence-corrected chi connectivity index (χ0v) is 13.2. The van der Waals surface area contributed by atoms with E-state index >= 15 is 0 Å². The highest BCUT2D eigenvalue weighted by atomic mass is 35.5. The van der Waals surface area contributed by atoms with Crippen molar-refractivity contribution in [2.45, 2.75) is 53.0 Å². The summed E-state index contributed by atoms with van der Waals surface area (Å²) in [7, 11) is 0. The lowest BCUT2D eigenvalue weighted by atomic mass is 9.74. The van der Waals surface area contributed by atoms with Gasteiger partial charge in [0.05, 0.1) is 11.9 Å². The van der Waals surface area contributed by atoms with E-state index in [0.717, 1.165) is 29.0 Å². The predicted molar refractivity (Wildman–Crippen MR) is 82.7 cm³/mol. The number of halogens is 1. The van der Waals surface area contributed by atoms with Crippen molar-refractivity contribution in [3.63, 3.8) is 0 Å². The number of aromatic nitrogens is 1. The number of nitrogens with zero attached hydrogens (tertiary/aromatic N) is 1. The van der Waals surface area contributed by atoms with Crippen LogP contribution >= 0.6 is 11.6 Å².